The van der Waals surface area contributed by atoms with Crippen LogP contribution in [-0.2, 0) is 45.0 Å². The second-order valence-corrected chi connectivity index (χ2v) is 3.90. The van der Waals surface area contributed by atoms with Crippen molar-refractivity contribution in [2.24, 2.45) is 0 Å². The monoisotopic (exact) mass is 468 g/mol. The van der Waals surface area contributed by atoms with E-state index in [4.69, 9.17) is 0 Å². The number of carboxylic acid groups (broad SMARTS) is 4. The van der Waals surface area contributed by atoms with E-state index < -0.39 is 23.9 Å². The van der Waals surface area contributed by atoms with Crippen LogP contribution in [0, 0.1) is 0 Å². The van der Waals surface area contributed by atoms with E-state index >= 15 is 0 Å². The van der Waals surface area contributed by atoms with Crippen LogP contribution in [-0.4, -0.2) is 23.9 Å². The molecule has 0 aliphatic heterocycles. The first kappa shape index (κ1) is 24.7. The number of carbonyl (C=O) groups is 4. The number of rotatable bonds is 10. The second kappa shape index (κ2) is 16.8. The number of hydrogen-bond acceptors (Lipinski definition) is 8. The van der Waals surface area contributed by atoms with E-state index in [0.717, 1.165) is 0 Å². The maximum Gasteiger partial charge on any atom is 4.00 e. The van der Waals surface area contributed by atoms with Crippen molar-refractivity contribution < 1.29 is 65.4 Å². The number of aliphatic carboxylic acids is 4. The van der Waals surface area contributed by atoms with Crippen molar-refractivity contribution in [1.29, 1.82) is 0 Å². The summed E-state index contributed by atoms with van der Waals surface area (Å²) in [7, 11) is 0. The summed E-state index contributed by atoms with van der Waals surface area (Å²) in [6, 6.07) is 0. The predicted octanol–water partition coefficient (Wildman–Crippen LogP) is -3.91. The van der Waals surface area contributed by atoms with Crippen LogP contribution in [0.15, 0.2) is 0 Å². The fourth-order valence-corrected chi connectivity index (χ4v) is 1.08. The Kier molecular flexibility index (Phi) is 19.8. The van der Waals surface area contributed by atoms with Crippen LogP contribution in [0.1, 0.15) is 51.4 Å². The van der Waals surface area contributed by atoms with Crippen molar-refractivity contribution >= 4 is 23.9 Å². The summed E-state index contributed by atoms with van der Waals surface area (Å²) in [5, 5.41) is 39.1. The molecule has 0 N–H and O–H groups in total. The van der Waals surface area contributed by atoms with Gasteiger partial charge in [0.15, 0.2) is 0 Å². The number of carbonyl (C=O) groups excluding carboxylic acids is 4. The van der Waals surface area contributed by atoms with Crippen molar-refractivity contribution in [2.45, 2.75) is 51.4 Å². The average Bonchev–Trinajstić information content (AvgIpc) is 2.30. The molecule has 0 aliphatic carbocycles. The molecule has 116 valence electrons. The fourth-order valence-electron chi connectivity index (χ4n) is 1.08. The Bertz CT molecular complexity index is 265. The van der Waals surface area contributed by atoms with Crippen LogP contribution < -0.4 is 20.4 Å². The molecule has 0 aromatic carbocycles. The molecule has 0 bridgehead atoms. The van der Waals surface area contributed by atoms with Gasteiger partial charge in [-0.15, -0.1) is 0 Å². The number of unbranched alkanes of at least 4 members (excludes halogenated alkanes) is 2. The minimum Gasteiger partial charge on any atom is -0.550 e. The molecule has 0 rings (SSSR count). The summed E-state index contributed by atoms with van der Waals surface area (Å²) >= 11 is 0. The first-order valence-electron chi connectivity index (χ1n) is 6.05. The molecule has 0 aliphatic rings. The van der Waals surface area contributed by atoms with Crippen molar-refractivity contribution in [3.63, 3.8) is 0 Å². The Morgan fingerprint density at radius 2 is 0.619 bits per heavy atom. The summed E-state index contributed by atoms with van der Waals surface area (Å²) < 4.78 is 0. The maximum absolute atomic E-state index is 9.77. The van der Waals surface area contributed by atoms with Gasteiger partial charge in [-0.3, -0.25) is 0 Å². The quantitative estimate of drug-likeness (QED) is 0.233. The molecule has 21 heavy (non-hydrogen) atoms. The minimum atomic E-state index is -1.14. The third-order valence-corrected chi connectivity index (χ3v) is 2.02. The Labute approximate surface area is 140 Å². The molecule has 0 saturated heterocycles. The molecule has 8 nitrogen and oxygen atoms in total. The van der Waals surface area contributed by atoms with Crippen LogP contribution >= 0.6 is 0 Å². The van der Waals surface area contributed by atoms with E-state index in [-0.39, 0.29) is 51.5 Å². The van der Waals surface area contributed by atoms with Gasteiger partial charge < -0.3 is 39.6 Å². The van der Waals surface area contributed by atoms with Crippen molar-refractivity contribution in [3.05, 3.63) is 0 Å². The maximum atomic E-state index is 9.77. The van der Waals surface area contributed by atoms with E-state index in [1.165, 1.54) is 0 Å². The van der Waals surface area contributed by atoms with Gasteiger partial charge in [0.05, 0.1) is 0 Å². The normalized spacial score (nSPS) is 8.76. The largest absolute Gasteiger partial charge is 4.00 e. The number of hydrogen-bond donors (Lipinski definition) is 0. The number of carboxylic acids is 4. The third-order valence-electron chi connectivity index (χ3n) is 2.02. The zero-order chi connectivity index (χ0) is 16.0. The standard InChI is InChI=1S/2C6H10O4.Hf/c2*7-5(8)3-1-2-4-6(9)10;/h2*1-4H2,(H,7,8)(H,9,10);/q;;+4/p-4. The van der Waals surface area contributed by atoms with Gasteiger partial charge >= 0.3 is 25.8 Å². The van der Waals surface area contributed by atoms with Gasteiger partial charge in [-0.2, -0.15) is 0 Å². The Hall–Kier alpha value is -1.25. The molecule has 0 aromatic rings. The first-order chi connectivity index (χ1) is 9.25. The van der Waals surface area contributed by atoms with Gasteiger partial charge in [0, 0.05) is 23.9 Å². The summed E-state index contributed by atoms with van der Waals surface area (Å²) in [6.45, 7) is 0. The smallest absolute Gasteiger partial charge is 0.550 e. The molecule has 0 radical (unpaired) electrons. The summed E-state index contributed by atoms with van der Waals surface area (Å²) in [5.74, 6) is -4.56. The van der Waals surface area contributed by atoms with Gasteiger partial charge in [0.1, 0.15) is 0 Å². The molecule has 0 atom stereocenters. The molecule has 0 unspecified atom stereocenters. The molecular weight excluding hydrogens is 451 g/mol. The fraction of sp³-hybridized carbons (Fsp3) is 0.667. The predicted molar refractivity (Wildman–Crippen MR) is 57.0 cm³/mol. The Morgan fingerprint density at radius 3 is 0.714 bits per heavy atom. The van der Waals surface area contributed by atoms with Crippen molar-refractivity contribution in [2.75, 3.05) is 0 Å². The zero-order valence-electron chi connectivity index (χ0n) is 11.4. The van der Waals surface area contributed by atoms with E-state index in [1.54, 1.807) is 0 Å². The second-order valence-electron chi connectivity index (χ2n) is 3.90. The van der Waals surface area contributed by atoms with Gasteiger partial charge in [-0.1, -0.05) is 0 Å². The Balaban J connectivity index is -0.000000295. The van der Waals surface area contributed by atoms with E-state index in [2.05, 4.69) is 0 Å². The zero-order valence-corrected chi connectivity index (χ0v) is 15.0. The minimum absolute atomic E-state index is 0. The van der Waals surface area contributed by atoms with Crippen LogP contribution in [0.4, 0.5) is 0 Å². The Morgan fingerprint density at radius 1 is 0.476 bits per heavy atom. The molecular formula is C12H16HfO8. The summed E-state index contributed by atoms with van der Waals surface area (Å²) in [5.41, 5.74) is 0. The van der Waals surface area contributed by atoms with E-state index in [9.17, 15) is 39.6 Å². The van der Waals surface area contributed by atoms with Gasteiger partial charge in [-0.25, -0.2) is 0 Å². The topological polar surface area (TPSA) is 161 Å². The molecule has 9 heteroatoms. The molecule has 0 spiro atoms. The molecule has 0 saturated carbocycles. The molecule has 0 amide bonds. The molecule has 0 fully saturated rings. The third kappa shape index (κ3) is 32.4. The van der Waals surface area contributed by atoms with Crippen molar-refractivity contribution in [1.82, 2.24) is 0 Å². The first-order valence-corrected chi connectivity index (χ1v) is 6.05. The van der Waals surface area contributed by atoms with E-state index in [1.807, 2.05) is 0 Å². The molecule has 0 heterocycles. The van der Waals surface area contributed by atoms with Gasteiger partial charge in [0.2, 0.25) is 0 Å². The van der Waals surface area contributed by atoms with Crippen LogP contribution in [0.3, 0.4) is 0 Å². The average molecular weight is 467 g/mol. The summed E-state index contributed by atoms with van der Waals surface area (Å²) in [4.78, 5) is 39.1. The summed E-state index contributed by atoms with van der Waals surface area (Å²) in [6.07, 6.45) is 1.07. The van der Waals surface area contributed by atoms with E-state index in [0.29, 0.717) is 25.7 Å². The van der Waals surface area contributed by atoms with Crippen LogP contribution in [0.5, 0.6) is 0 Å². The van der Waals surface area contributed by atoms with Gasteiger partial charge in [-0.05, 0) is 51.4 Å². The molecule has 0 aromatic heterocycles. The van der Waals surface area contributed by atoms with Gasteiger partial charge in [0.25, 0.3) is 0 Å². The van der Waals surface area contributed by atoms with Crippen LogP contribution in [0.2, 0.25) is 0 Å². The SMILES string of the molecule is O=C([O-])CCCCC(=O)[O-].O=C([O-])CCCCC(=O)[O-].[Hf+4]. The van der Waals surface area contributed by atoms with Crippen LogP contribution in [0.25, 0.3) is 0 Å². The van der Waals surface area contributed by atoms with Crippen molar-refractivity contribution in [3.8, 4) is 0 Å².